The van der Waals surface area contributed by atoms with Gasteiger partial charge in [0.15, 0.2) is 0 Å². The molecule has 0 N–H and O–H groups in total. The fraction of sp³-hybridized carbons (Fsp3) is 0.556. The van der Waals surface area contributed by atoms with Crippen LogP contribution in [0.3, 0.4) is 0 Å². The van der Waals surface area contributed by atoms with Crippen LogP contribution in [0.15, 0.2) is 12.5 Å². The molecule has 5 heteroatoms. The molecule has 0 spiro atoms. The Bertz CT molecular complexity index is 322. The van der Waals surface area contributed by atoms with Crippen LogP contribution in [0.1, 0.15) is 17.4 Å². The molecule has 0 bridgehead atoms. The highest BCUT2D eigenvalue weighted by molar-refractivity contribution is 9.09. The van der Waals surface area contributed by atoms with Crippen molar-refractivity contribution in [3.8, 4) is 0 Å². The second-order valence-corrected chi connectivity index (χ2v) is 4.95. The number of nitrogens with zero attached hydrogens (tertiary/aromatic N) is 3. The molecule has 1 heterocycles. The third kappa shape index (κ3) is 2.83. The molecule has 4 nitrogen and oxygen atoms in total. The van der Waals surface area contributed by atoms with Crippen LogP contribution in [0.25, 0.3) is 0 Å². The van der Waals surface area contributed by atoms with Gasteiger partial charge in [-0.25, -0.2) is 4.98 Å². The molecule has 1 atom stereocenters. The fourth-order valence-electron chi connectivity index (χ4n) is 1.18. The first-order valence-electron chi connectivity index (χ1n) is 4.38. The Morgan fingerprint density at radius 1 is 1.79 bits per heavy atom. The summed E-state index contributed by atoms with van der Waals surface area (Å²) < 4.78 is 1.76. The minimum atomic E-state index is -0.0445. The molecule has 1 rings (SSSR count). The predicted molar refractivity (Wildman–Crippen MR) is 58.6 cm³/mol. The first-order valence-corrected chi connectivity index (χ1v) is 5.29. The number of halogens is 1. The molecule has 0 aliphatic heterocycles. The van der Waals surface area contributed by atoms with E-state index in [1.165, 1.54) is 0 Å². The molecule has 0 fully saturated rings. The topological polar surface area (TPSA) is 38.1 Å². The highest BCUT2D eigenvalue weighted by Gasteiger charge is 2.14. The van der Waals surface area contributed by atoms with Crippen LogP contribution in [-0.4, -0.2) is 38.8 Å². The minimum absolute atomic E-state index is 0.0445. The zero-order valence-corrected chi connectivity index (χ0v) is 10.2. The Morgan fingerprint density at radius 2 is 2.43 bits per heavy atom. The lowest BCUT2D eigenvalue weighted by Gasteiger charge is -2.16. The van der Waals surface area contributed by atoms with E-state index in [2.05, 4.69) is 20.9 Å². The lowest BCUT2D eigenvalue weighted by atomic mass is 10.3. The number of carbonyl (C=O) groups is 1. The van der Waals surface area contributed by atoms with Crippen LogP contribution >= 0.6 is 15.9 Å². The Morgan fingerprint density at radius 3 is 2.86 bits per heavy atom. The van der Waals surface area contributed by atoms with E-state index in [0.717, 1.165) is 0 Å². The van der Waals surface area contributed by atoms with Crippen LogP contribution in [0.2, 0.25) is 0 Å². The first-order chi connectivity index (χ1) is 6.50. The lowest BCUT2D eigenvalue weighted by molar-refractivity contribution is 0.0792. The molecule has 78 valence electrons. The Kier molecular flexibility index (Phi) is 3.69. The first kappa shape index (κ1) is 11.2. The van der Waals surface area contributed by atoms with Crippen LogP contribution in [0.5, 0.6) is 0 Å². The van der Waals surface area contributed by atoms with Crippen LogP contribution in [0, 0.1) is 0 Å². The van der Waals surface area contributed by atoms with Gasteiger partial charge in [-0.15, -0.1) is 0 Å². The molecule has 0 saturated carbocycles. The number of rotatable bonds is 3. The number of aryl methyl sites for hydroxylation is 1. The van der Waals surface area contributed by atoms with Gasteiger partial charge in [0.05, 0.1) is 6.33 Å². The molecule has 0 aliphatic rings. The van der Waals surface area contributed by atoms with Gasteiger partial charge in [-0.05, 0) is 0 Å². The van der Waals surface area contributed by atoms with Gasteiger partial charge in [-0.1, -0.05) is 22.9 Å². The van der Waals surface area contributed by atoms with E-state index < -0.39 is 0 Å². The normalized spacial score (nSPS) is 12.6. The van der Waals surface area contributed by atoms with Gasteiger partial charge in [0, 0.05) is 31.7 Å². The SMILES string of the molecule is CC(Br)CN(C)C(=O)c1cn(C)cn1. The lowest BCUT2D eigenvalue weighted by Crippen LogP contribution is -2.31. The van der Waals surface area contributed by atoms with Gasteiger partial charge in [-0.2, -0.15) is 0 Å². The highest BCUT2D eigenvalue weighted by Crippen LogP contribution is 2.04. The van der Waals surface area contributed by atoms with Crippen molar-refractivity contribution in [2.45, 2.75) is 11.8 Å². The molecule has 1 amide bonds. The largest absolute Gasteiger partial charge is 0.340 e. The summed E-state index contributed by atoms with van der Waals surface area (Å²) in [6.07, 6.45) is 3.34. The van der Waals surface area contributed by atoms with E-state index in [1.807, 2.05) is 14.0 Å². The quantitative estimate of drug-likeness (QED) is 0.768. The van der Waals surface area contributed by atoms with Crippen molar-refractivity contribution in [3.05, 3.63) is 18.2 Å². The summed E-state index contributed by atoms with van der Waals surface area (Å²) in [6.45, 7) is 2.68. The monoisotopic (exact) mass is 259 g/mol. The minimum Gasteiger partial charge on any atom is -0.340 e. The van der Waals surface area contributed by atoms with E-state index in [-0.39, 0.29) is 5.91 Å². The van der Waals surface area contributed by atoms with Gasteiger partial charge >= 0.3 is 0 Å². The van der Waals surface area contributed by atoms with Gasteiger partial charge in [-0.3, -0.25) is 4.79 Å². The van der Waals surface area contributed by atoms with Gasteiger partial charge < -0.3 is 9.47 Å². The average molecular weight is 260 g/mol. The van der Waals surface area contributed by atoms with E-state index in [4.69, 9.17) is 0 Å². The summed E-state index contributed by atoms with van der Waals surface area (Å²) >= 11 is 3.40. The summed E-state index contributed by atoms with van der Waals surface area (Å²) in [6, 6.07) is 0. The fourth-order valence-corrected chi connectivity index (χ4v) is 1.61. The third-order valence-electron chi connectivity index (χ3n) is 1.80. The number of carbonyl (C=O) groups excluding carboxylic acids is 1. The standard InChI is InChI=1S/C9H14BrN3O/c1-7(10)4-13(3)9(14)8-5-12(2)6-11-8/h5-7H,4H2,1-3H3. The van der Waals surface area contributed by atoms with Crippen molar-refractivity contribution in [3.63, 3.8) is 0 Å². The van der Waals surface area contributed by atoms with Crippen molar-refractivity contribution in [1.82, 2.24) is 14.5 Å². The molecule has 0 radical (unpaired) electrons. The molecular weight excluding hydrogens is 246 g/mol. The zero-order chi connectivity index (χ0) is 10.7. The maximum absolute atomic E-state index is 11.7. The third-order valence-corrected chi connectivity index (χ3v) is 2.09. The summed E-state index contributed by atoms with van der Waals surface area (Å²) in [5, 5.41) is 0. The van der Waals surface area contributed by atoms with Gasteiger partial charge in [0.1, 0.15) is 5.69 Å². The maximum Gasteiger partial charge on any atom is 0.273 e. The predicted octanol–water partition coefficient (Wildman–Crippen LogP) is 1.28. The smallest absolute Gasteiger partial charge is 0.273 e. The number of hydrogen-bond donors (Lipinski definition) is 0. The molecular formula is C9H14BrN3O. The average Bonchev–Trinajstić information content (AvgIpc) is 2.49. The van der Waals surface area contributed by atoms with E-state index in [0.29, 0.717) is 17.1 Å². The van der Waals surface area contributed by atoms with Crippen molar-refractivity contribution < 1.29 is 4.79 Å². The molecule has 1 unspecified atom stereocenters. The van der Waals surface area contributed by atoms with E-state index >= 15 is 0 Å². The van der Waals surface area contributed by atoms with Crippen LogP contribution in [-0.2, 0) is 7.05 Å². The Balaban J connectivity index is 2.65. The van der Waals surface area contributed by atoms with Crippen LogP contribution < -0.4 is 0 Å². The molecule has 0 saturated heterocycles. The highest BCUT2D eigenvalue weighted by atomic mass is 79.9. The molecule has 1 aromatic heterocycles. The number of aromatic nitrogens is 2. The van der Waals surface area contributed by atoms with Crippen molar-refractivity contribution in [2.75, 3.05) is 13.6 Å². The second-order valence-electron chi connectivity index (χ2n) is 3.39. The summed E-state index contributed by atoms with van der Waals surface area (Å²) in [4.78, 5) is 17.7. The number of imidazole rings is 1. The Labute approximate surface area is 92.0 Å². The maximum atomic E-state index is 11.7. The summed E-state index contributed by atoms with van der Waals surface area (Å²) in [5.74, 6) is -0.0445. The van der Waals surface area contributed by atoms with Crippen molar-refractivity contribution in [1.29, 1.82) is 0 Å². The molecule has 14 heavy (non-hydrogen) atoms. The van der Waals surface area contributed by atoms with E-state index in [9.17, 15) is 4.79 Å². The second kappa shape index (κ2) is 4.59. The number of alkyl halides is 1. The van der Waals surface area contributed by atoms with Crippen LogP contribution in [0.4, 0.5) is 0 Å². The molecule has 1 aromatic rings. The molecule has 0 aliphatic carbocycles. The molecule has 0 aromatic carbocycles. The Hall–Kier alpha value is -0.840. The zero-order valence-electron chi connectivity index (χ0n) is 8.57. The van der Waals surface area contributed by atoms with E-state index in [1.54, 1.807) is 29.0 Å². The summed E-state index contributed by atoms with van der Waals surface area (Å²) in [5.41, 5.74) is 0.489. The summed E-state index contributed by atoms with van der Waals surface area (Å²) in [7, 11) is 3.62. The number of hydrogen-bond acceptors (Lipinski definition) is 2. The van der Waals surface area contributed by atoms with Crippen molar-refractivity contribution >= 4 is 21.8 Å². The number of amides is 1. The van der Waals surface area contributed by atoms with Gasteiger partial charge in [0.2, 0.25) is 0 Å². The van der Waals surface area contributed by atoms with Crippen molar-refractivity contribution in [2.24, 2.45) is 7.05 Å². The van der Waals surface area contributed by atoms with Gasteiger partial charge in [0.25, 0.3) is 5.91 Å².